The molecule has 0 atom stereocenters. The van der Waals surface area contributed by atoms with E-state index in [9.17, 15) is 4.79 Å². The number of nitrogens with one attached hydrogen (secondary N) is 1. The van der Waals surface area contributed by atoms with Gasteiger partial charge in [-0.1, -0.05) is 12.1 Å². The van der Waals surface area contributed by atoms with Gasteiger partial charge in [0.25, 0.3) is 0 Å². The van der Waals surface area contributed by atoms with E-state index in [4.69, 9.17) is 5.11 Å². The molecule has 5 heteroatoms. The number of hydrogen-bond acceptors (Lipinski definition) is 4. The van der Waals surface area contributed by atoms with Crippen molar-refractivity contribution in [3.8, 4) is 0 Å². The minimum absolute atomic E-state index is 0.245. The molecular weight excluding hydrogens is 272 g/mol. The van der Waals surface area contributed by atoms with Crippen LogP contribution in [0, 0.1) is 6.92 Å². The van der Waals surface area contributed by atoms with Crippen molar-refractivity contribution in [3.63, 3.8) is 0 Å². The number of rotatable bonds is 5. The van der Waals surface area contributed by atoms with E-state index in [1.54, 1.807) is 17.4 Å². The predicted molar refractivity (Wildman–Crippen MR) is 80.1 cm³/mol. The van der Waals surface area contributed by atoms with E-state index in [1.807, 2.05) is 29.9 Å². The summed E-state index contributed by atoms with van der Waals surface area (Å²) in [5.74, 6) is -0.887. The monoisotopic (exact) mass is 290 g/mol. The van der Waals surface area contributed by atoms with Crippen LogP contribution in [0.1, 0.15) is 41.0 Å². The Bertz CT molecular complexity index is 606. The second-order valence-electron chi connectivity index (χ2n) is 5.29. The van der Waals surface area contributed by atoms with Gasteiger partial charge in [0.05, 0.1) is 16.8 Å². The number of aryl methyl sites for hydroxylation is 1. The van der Waals surface area contributed by atoms with E-state index in [0.29, 0.717) is 12.1 Å². The number of hydrogen-bond donors (Lipinski definition) is 2. The van der Waals surface area contributed by atoms with Crippen molar-refractivity contribution in [2.75, 3.05) is 0 Å². The highest BCUT2D eigenvalue weighted by molar-refractivity contribution is 7.07. The molecule has 1 aromatic heterocycles. The second kappa shape index (κ2) is 5.73. The van der Waals surface area contributed by atoms with Crippen LogP contribution in [0.2, 0.25) is 0 Å². The molecule has 0 aliphatic carbocycles. The van der Waals surface area contributed by atoms with Crippen LogP contribution >= 0.6 is 11.3 Å². The number of nitrogens with zero attached hydrogens (tertiary/aromatic N) is 1. The van der Waals surface area contributed by atoms with Crippen LogP contribution < -0.4 is 5.32 Å². The number of carboxylic acids is 1. The molecule has 0 aliphatic heterocycles. The van der Waals surface area contributed by atoms with Gasteiger partial charge in [-0.25, -0.2) is 9.78 Å². The molecule has 0 saturated heterocycles. The lowest BCUT2D eigenvalue weighted by molar-refractivity contribution is 0.0696. The Kier molecular flexibility index (Phi) is 4.20. The molecule has 4 nitrogen and oxygen atoms in total. The Morgan fingerprint density at radius 2 is 2.20 bits per heavy atom. The molecule has 0 unspecified atom stereocenters. The lowest BCUT2D eigenvalue weighted by Gasteiger charge is -2.27. The number of thiazole rings is 1. The Hall–Kier alpha value is -1.72. The van der Waals surface area contributed by atoms with Crippen molar-refractivity contribution in [3.05, 3.63) is 51.5 Å². The normalized spacial score (nSPS) is 11.6. The van der Waals surface area contributed by atoms with Gasteiger partial charge in [-0.05, 0) is 38.0 Å². The third kappa shape index (κ3) is 3.23. The lowest BCUT2D eigenvalue weighted by atomic mass is 9.91. The fourth-order valence-corrected chi connectivity index (χ4v) is 2.59. The molecular formula is C15H18N2O2S. The predicted octanol–water partition coefficient (Wildman–Crippen LogP) is 3.17. The highest BCUT2D eigenvalue weighted by Crippen LogP contribution is 2.23. The zero-order chi connectivity index (χ0) is 14.8. The Morgan fingerprint density at radius 1 is 1.45 bits per heavy atom. The molecule has 2 N–H and O–H groups in total. The third-order valence-electron chi connectivity index (χ3n) is 3.37. The second-order valence-corrected chi connectivity index (χ2v) is 6.01. The summed E-state index contributed by atoms with van der Waals surface area (Å²) in [5, 5.41) is 14.5. The van der Waals surface area contributed by atoms with Gasteiger partial charge in [0.2, 0.25) is 0 Å². The molecule has 0 bridgehead atoms. The van der Waals surface area contributed by atoms with Crippen molar-refractivity contribution in [2.24, 2.45) is 0 Å². The minimum Gasteiger partial charge on any atom is -0.478 e. The topological polar surface area (TPSA) is 62.2 Å². The summed E-state index contributed by atoms with van der Waals surface area (Å²) in [6.07, 6.45) is 0. The summed E-state index contributed by atoms with van der Waals surface area (Å²) in [5.41, 5.74) is 4.78. The van der Waals surface area contributed by atoms with Gasteiger partial charge in [-0.15, -0.1) is 11.3 Å². The van der Waals surface area contributed by atoms with Crippen LogP contribution in [0.15, 0.2) is 29.1 Å². The highest BCUT2D eigenvalue weighted by Gasteiger charge is 2.21. The summed E-state index contributed by atoms with van der Waals surface area (Å²) < 4.78 is 0. The fourth-order valence-electron chi connectivity index (χ4n) is 2.03. The largest absolute Gasteiger partial charge is 0.478 e. The molecule has 0 radical (unpaired) electrons. The van der Waals surface area contributed by atoms with Crippen molar-refractivity contribution in [1.82, 2.24) is 10.3 Å². The van der Waals surface area contributed by atoms with E-state index in [2.05, 4.69) is 24.1 Å². The summed E-state index contributed by atoms with van der Waals surface area (Å²) >= 11 is 1.58. The highest BCUT2D eigenvalue weighted by atomic mass is 32.1. The first-order valence-electron chi connectivity index (χ1n) is 6.36. The molecule has 1 aromatic carbocycles. The van der Waals surface area contributed by atoms with Gasteiger partial charge in [0.1, 0.15) is 0 Å². The van der Waals surface area contributed by atoms with Crippen molar-refractivity contribution >= 4 is 17.3 Å². The van der Waals surface area contributed by atoms with Crippen molar-refractivity contribution in [2.45, 2.75) is 32.9 Å². The Balaban J connectivity index is 2.16. The fraction of sp³-hybridized carbons (Fsp3) is 0.333. The Morgan fingerprint density at radius 3 is 2.75 bits per heavy atom. The summed E-state index contributed by atoms with van der Waals surface area (Å²) in [6.45, 7) is 6.67. The lowest BCUT2D eigenvalue weighted by Crippen LogP contribution is -2.36. The van der Waals surface area contributed by atoms with Gasteiger partial charge < -0.3 is 10.4 Å². The van der Waals surface area contributed by atoms with Crippen LogP contribution in [0.5, 0.6) is 0 Å². The van der Waals surface area contributed by atoms with Crippen LogP contribution in [0.3, 0.4) is 0 Å². The van der Waals surface area contributed by atoms with Gasteiger partial charge in [0, 0.05) is 17.5 Å². The molecule has 0 saturated carbocycles. The first-order valence-corrected chi connectivity index (χ1v) is 7.31. The van der Waals surface area contributed by atoms with E-state index in [1.165, 1.54) is 0 Å². The van der Waals surface area contributed by atoms with Crippen molar-refractivity contribution < 1.29 is 9.90 Å². The first kappa shape index (κ1) is 14.7. The molecule has 0 amide bonds. The van der Waals surface area contributed by atoms with Gasteiger partial charge in [0.15, 0.2) is 0 Å². The molecule has 20 heavy (non-hydrogen) atoms. The van der Waals surface area contributed by atoms with Gasteiger partial charge >= 0.3 is 5.97 Å². The quantitative estimate of drug-likeness (QED) is 0.888. The third-order valence-corrected chi connectivity index (χ3v) is 4.01. The number of carbonyl (C=O) groups is 1. The summed E-state index contributed by atoms with van der Waals surface area (Å²) in [7, 11) is 0. The van der Waals surface area contributed by atoms with Gasteiger partial charge in [-0.3, -0.25) is 0 Å². The molecule has 2 aromatic rings. The molecule has 2 rings (SSSR count). The zero-order valence-corrected chi connectivity index (χ0v) is 12.6. The number of carboxylic acid groups (broad SMARTS) is 1. The smallest absolute Gasteiger partial charge is 0.335 e. The maximum Gasteiger partial charge on any atom is 0.335 e. The number of benzene rings is 1. The van der Waals surface area contributed by atoms with E-state index >= 15 is 0 Å². The molecule has 0 aliphatic rings. The maximum absolute atomic E-state index is 11.0. The van der Waals surface area contributed by atoms with Gasteiger partial charge in [-0.2, -0.15) is 0 Å². The maximum atomic E-state index is 11.0. The van der Waals surface area contributed by atoms with Crippen LogP contribution in [0.4, 0.5) is 0 Å². The summed E-state index contributed by atoms with van der Waals surface area (Å²) in [4.78, 5) is 15.3. The average molecular weight is 290 g/mol. The molecule has 1 heterocycles. The van der Waals surface area contributed by atoms with E-state index in [-0.39, 0.29) is 5.54 Å². The van der Waals surface area contributed by atoms with Crippen molar-refractivity contribution in [1.29, 1.82) is 0 Å². The first-order chi connectivity index (χ1) is 9.40. The molecule has 0 spiro atoms. The zero-order valence-electron chi connectivity index (χ0n) is 11.8. The van der Waals surface area contributed by atoms with Crippen LogP contribution in [-0.4, -0.2) is 16.1 Å². The van der Waals surface area contributed by atoms with E-state index in [0.717, 1.165) is 16.8 Å². The summed E-state index contributed by atoms with van der Waals surface area (Å²) in [6, 6.07) is 5.46. The molecule has 106 valence electrons. The standard InChI is InChI=1S/C15H18N2O2S/c1-10-6-11(4-5-13(10)14(18)19)15(2,3)17-7-12-8-20-9-16-12/h4-6,8-9,17H,7H2,1-3H3,(H,18,19). The average Bonchev–Trinajstić information content (AvgIpc) is 2.89. The minimum atomic E-state index is -0.887. The SMILES string of the molecule is Cc1cc(C(C)(C)NCc2cscn2)ccc1C(=O)O. The van der Waals surface area contributed by atoms with Crippen LogP contribution in [-0.2, 0) is 12.1 Å². The molecule has 0 fully saturated rings. The van der Waals surface area contributed by atoms with Crippen LogP contribution in [0.25, 0.3) is 0 Å². The van der Waals surface area contributed by atoms with E-state index < -0.39 is 5.97 Å². The number of aromatic nitrogens is 1. The Labute approximate surface area is 122 Å². The number of aromatic carboxylic acids is 1.